The van der Waals surface area contributed by atoms with Crippen LogP contribution in [-0.2, 0) is 11.3 Å². The molecule has 0 radical (unpaired) electrons. The van der Waals surface area contributed by atoms with Crippen molar-refractivity contribution < 1.29 is 4.79 Å². The highest BCUT2D eigenvalue weighted by atomic mass is 35.5. The number of benzene rings is 1. The molecule has 0 unspecified atom stereocenters. The lowest BCUT2D eigenvalue weighted by Gasteiger charge is -2.37. The molecule has 6 heteroatoms. The van der Waals surface area contributed by atoms with Crippen molar-refractivity contribution in [1.29, 1.82) is 0 Å². The summed E-state index contributed by atoms with van der Waals surface area (Å²) in [5, 5.41) is 0.354. The first-order chi connectivity index (χ1) is 11.1. The summed E-state index contributed by atoms with van der Waals surface area (Å²) >= 11 is 5.93. The van der Waals surface area contributed by atoms with Gasteiger partial charge in [-0.3, -0.25) is 4.79 Å². The summed E-state index contributed by atoms with van der Waals surface area (Å²) < 4.78 is 1.67. The molecule has 0 aliphatic carbocycles. The summed E-state index contributed by atoms with van der Waals surface area (Å²) in [6, 6.07) is 6.38. The molecule has 5 nitrogen and oxygen atoms in total. The Bertz CT molecular complexity index is 704. The number of hydrogen-bond donors (Lipinski definition) is 0. The van der Waals surface area contributed by atoms with Gasteiger partial charge in [0.15, 0.2) is 0 Å². The molecule has 0 saturated carbocycles. The van der Waals surface area contributed by atoms with E-state index in [9.17, 15) is 4.79 Å². The predicted molar refractivity (Wildman–Crippen MR) is 91.9 cm³/mol. The average molecular weight is 333 g/mol. The van der Waals surface area contributed by atoms with Crippen LogP contribution in [0.4, 0.5) is 5.69 Å². The number of carbonyl (C=O) groups excluding carboxylic acids is 1. The number of imidazole rings is 1. The first kappa shape index (κ1) is 15.9. The summed E-state index contributed by atoms with van der Waals surface area (Å²) in [6.45, 7) is 7.72. The number of carbonyl (C=O) groups is 1. The third kappa shape index (κ3) is 3.34. The maximum atomic E-state index is 12.4. The molecule has 1 aliphatic heterocycles. The molecule has 23 heavy (non-hydrogen) atoms. The molecule has 0 bridgehead atoms. The van der Waals surface area contributed by atoms with Gasteiger partial charge in [-0.1, -0.05) is 12.1 Å². The molecule has 1 saturated heterocycles. The van der Waals surface area contributed by atoms with E-state index < -0.39 is 0 Å². The molecular weight excluding hydrogens is 312 g/mol. The Morgan fingerprint density at radius 1 is 1.22 bits per heavy atom. The van der Waals surface area contributed by atoms with Crippen LogP contribution in [0.25, 0.3) is 0 Å². The van der Waals surface area contributed by atoms with Gasteiger partial charge in [0, 0.05) is 44.3 Å². The smallest absolute Gasteiger partial charge is 0.242 e. The van der Waals surface area contributed by atoms with Crippen molar-refractivity contribution in [3.8, 4) is 0 Å². The van der Waals surface area contributed by atoms with Crippen molar-refractivity contribution in [2.75, 3.05) is 31.1 Å². The van der Waals surface area contributed by atoms with Gasteiger partial charge in [-0.15, -0.1) is 0 Å². The number of anilines is 1. The molecule has 1 aliphatic rings. The van der Waals surface area contributed by atoms with Crippen LogP contribution >= 0.6 is 11.6 Å². The van der Waals surface area contributed by atoms with Gasteiger partial charge in [0.1, 0.15) is 6.54 Å². The van der Waals surface area contributed by atoms with E-state index in [4.69, 9.17) is 11.6 Å². The highest BCUT2D eigenvalue weighted by Gasteiger charge is 2.22. The highest BCUT2D eigenvalue weighted by molar-refractivity contribution is 6.28. The molecule has 0 atom stereocenters. The van der Waals surface area contributed by atoms with Crippen LogP contribution in [0.15, 0.2) is 30.6 Å². The van der Waals surface area contributed by atoms with Crippen molar-refractivity contribution >= 4 is 23.2 Å². The summed E-state index contributed by atoms with van der Waals surface area (Å²) in [6.07, 6.45) is 3.33. The number of aromatic nitrogens is 2. The van der Waals surface area contributed by atoms with Gasteiger partial charge in [0.25, 0.3) is 0 Å². The van der Waals surface area contributed by atoms with E-state index in [1.54, 1.807) is 17.0 Å². The fraction of sp³-hybridized carbons (Fsp3) is 0.412. The van der Waals surface area contributed by atoms with E-state index in [2.05, 4.69) is 41.9 Å². The third-order valence-corrected chi connectivity index (χ3v) is 4.83. The van der Waals surface area contributed by atoms with E-state index in [0.29, 0.717) is 5.28 Å². The zero-order valence-corrected chi connectivity index (χ0v) is 14.3. The number of piperazine rings is 1. The number of nitrogens with zero attached hydrogens (tertiary/aromatic N) is 4. The molecule has 0 N–H and O–H groups in total. The molecule has 122 valence electrons. The molecule has 1 aromatic carbocycles. The average Bonchev–Trinajstić information content (AvgIpc) is 2.95. The number of aryl methyl sites for hydroxylation is 1. The van der Waals surface area contributed by atoms with Crippen molar-refractivity contribution in [3.63, 3.8) is 0 Å². The predicted octanol–water partition coefficient (Wildman–Crippen LogP) is 2.50. The summed E-state index contributed by atoms with van der Waals surface area (Å²) in [5.74, 6) is 0.0884. The molecule has 3 rings (SSSR count). The van der Waals surface area contributed by atoms with Crippen LogP contribution in [0, 0.1) is 13.8 Å². The van der Waals surface area contributed by atoms with Crippen molar-refractivity contribution in [2.45, 2.75) is 20.4 Å². The van der Waals surface area contributed by atoms with E-state index in [0.717, 1.165) is 26.2 Å². The summed E-state index contributed by atoms with van der Waals surface area (Å²) in [7, 11) is 0. The molecular formula is C17H21ClN4O. The zero-order valence-electron chi connectivity index (χ0n) is 13.5. The van der Waals surface area contributed by atoms with E-state index in [1.807, 2.05) is 4.90 Å². The molecule has 1 amide bonds. The molecule has 1 aromatic heterocycles. The number of hydrogen-bond acceptors (Lipinski definition) is 3. The molecule has 0 spiro atoms. The van der Waals surface area contributed by atoms with Crippen molar-refractivity contribution in [2.24, 2.45) is 0 Å². The fourth-order valence-electron chi connectivity index (χ4n) is 2.95. The van der Waals surface area contributed by atoms with Gasteiger partial charge in [-0.25, -0.2) is 4.98 Å². The minimum atomic E-state index is 0.0884. The highest BCUT2D eigenvalue weighted by Crippen LogP contribution is 2.24. The molecule has 2 heterocycles. The third-order valence-electron chi connectivity index (χ3n) is 4.52. The van der Waals surface area contributed by atoms with Gasteiger partial charge in [-0.2, -0.15) is 0 Å². The van der Waals surface area contributed by atoms with Gasteiger partial charge < -0.3 is 14.4 Å². The second kappa shape index (κ2) is 6.62. The SMILES string of the molecule is Cc1cccc(N2CCN(C(=O)Cn3ccnc3Cl)CC2)c1C. The Labute approximate surface area is 141 Å². The largest absolute Gasteiger partial charge is 0.368 e. The second-order valence-electron chi connectivity index (χ2n) is 5.91. The Balaban J connectivity index is 1.61. The van der Waals surface area contributed by atoms with Crippen LogP contribution in [0.2, 0.25) is 5.28 Å². The van der Waals surface area contributed by atoms with Gasteiger partial charge in [0.2, 0.25) is 11.2 Å². The zero-order chi connectivity index (χ0) is 16.4. The van der Waals surface area contributed by atoms with Crippen LogP contribution in [0.3, 0.4) is 0 Å². The lowest BCUT2D eigenvalue weighted by atomic mass is 10.1. The standard InChI is InChI=1S/C17H21ClN4O/c1-13-4-3-5-15(14(13)2)20-8-10-21(11-9-20)16(23)12-22-7-6-19-17(22)18/h3-7H,8-12H2,1-2H3. The summed E-state index contributed by atoms with van der Waals surface area (Å²) in [4.78, 5) is 20.6. The van der Waals surface area contributed by atoms with E-state index >= 15 is 0 Å². The first-order valence-corrected chi connectivity index (χ1v) is 8.19. The number of halogens is 1. The van der Waals surface area contributed by atoms with Gasteiger partial charge in [-0.05, 0) is 42.6 Å². The minimum Gasteiger partial charge on any atom is -0.368 e. The Hall–Kier alpha value is -2.01. The van der Waals surface area contributed by atoms with Crippen molar-refractivity contribution in [1.82, 2.24) is 14.5 Å². The molecule has 2 aromatic rings. The van der Waals surface area contributed by atoms with Crippen LogP contribution in [-0.4, -0.2) is 46.5 Å². The topological polar surface area (TPSA) is 41.4 Å². The van der Waals surface area contributed by atoms with Crippen LogP contribution in [0.5, 0.6) is 0 Å². The minimum absolute atomic E-state index is 0.0884. The van der Waals surface area contributed by atoms with E-state index in [1.165, 1.54) is 16.8 Å². The second-order valence-corrected chi connectivity index (χ2v) is 6.25. The Morgan fingerprint density at radius 3 is 2.61 bits per heavy atom. The van der Waals surface area contributed by atoms with Gasteiger partial charge in [0.05, 0.1) is 0 Å². The van der Waals surface area contributed by atoms with Gasteiger partial charge >= 0.3 is 0 Å². The monoisotopic (exact) mass is 332 g/mol. The van der Waals surface area contributed by atoms with Crippen LogP contribution < -0.4 is 4.90 Å². The Kier molecular flexibility index (Phi) is 4.57. The number of amides is 1. The number of rotatable bonds is 3. The maximum absolute atomic E-state index is 12.4. The lowest BCUT2D eigenvalue weighted by molar-refractivity contribution is -0.132. The van der Waals surface area contributed by atoms with Crippen molar-refractivity contribution in [3.05, 3.63) is 47.0 Å². The first-order valence-electron chi connectivity index (χ1n) is 7.82. The Morgan fingerprint density at radius 2 is 1.96 bits per heavy atom. The van der Waals surface area contributed by atoms with Crippen LogP contribution in [0.1, 0.15) is 11.1 Å². The molecule has 1 fully saturated rings. The summed E-state index contributed by atoms with van der Waals surface area (Å²) in [5.41, 5.74) is 3.89. The normalized spacial score (nSPS) is 15.1. The fourth-order valence-corrected chi connectivity index (χ4v) is 3.12. The lowest BCUT2D eigenvalue weighted by Crippen LogP contribution is -2.49. The maximum Gasteiger partial charge on any atom is 0.242 e. The van der Waals surface area contributed by atoms with E-state index in [-0.39, 0.29) is 12.5 Å². The quantitative estimate of drug-likeness (QED) is 0.867.